The number of nitrogens with two attached hydrogens (primary N) is 2. The Morgan fingerprint density at radius 2 is 0.895 bits per heavy atom. The van der Waals surface area contributed by atoms with E-state index in [9.17, 15) is 72.9 Å². The average molecular weight is 1610 g/mol. The van der Waals surface area contributed by atoms with E-state index in [0.717, 1.165) is 6.92 Å². The van der Waals surface area contributed by atoms with E-state index < -0.39 is 186 Å². The number of fused-ring (bicyclic) bond motifs is 2. The number of H-pyrrole nitrogens is 3. The Bertz CT molecular complexity index is 4540. The molecular formula is C75H96N20O17S2. The Labute approximate surface area is 664 Å². The monoisotopic (exact) mass is 1610 g/mol. The summed E-state index contributed by atoms with van der Waals surface area (Å²) < 4.78 is 0. The summed E-state index contributed by atoms with van der Waals surface area (Å²) in [6.45, 7) is 4.91. The highest BCUT2D eigenvalue weighted by Gasteiger charge is 2.39. The lowest BCUT2D eigenvalue weighted by Gasteiger charge is -2.29. The van der Waals surface area contributed by atoms with Gasteiger partial charge in [-0.05, 0) is 72.2 Å². The number of imidazole rings is 1. The van der Waals surface area contributed by atoms with Gasteiger partial charge in [-0.3, -0.25) is 72.5 Å². The number of benzene rings is 4. The fraction of sp³-hybridized carbons (Fsp3) is 0.387. The van der Waals surface area contributed by atoms with Crippen molar-refractivity contribution < 1.29 is 82.4 Å². The molecule has 39 heteroatoms. The van der Waals surface area contributed by atoms with Crippen molar-refractivity contribution in [3.8, 4) is 5.75 Å². The SMILES string of the molecule is CC(=O)N[C@@H](CS)C(=O)N[C@@H](CCCNC(=N)N)C(=O)N[C@@H](CC(=O)O)C(=O)N[C@@H](Cc1c[nH]c2ccccc12)C(=O)N[C@H](C(=O)N[C@@H](CS)C(=O)N[C@@H](Cc1ccc(O)cc1)C(=O)N[C@@H](Cc1c[nH]c2ccccc12)C(=O)N[C@@H](Cc1cnc[nH]1)C(=O)N[C@H](C(=O)N[C@@H](Cc1ccccc1)C(=O)NCC(N)=O)[C@@H](C)O)C(C)C. The minimum atomic E-state index is -1.93. The van der Waals surface area contributed by atoms with Crippen LogP contribution in [0.2, 0.25) is 0 Å². The van der Waals surface area contributed by atoms with Crippen molar-refractivity contribution in [2.75, 3.05) is 24.6 Å². The van der Waals surface area contributed by atoms with E-state index in [2.05, 4.69) is 114 Å². The number of aliphatic hydroxyl groups is 1. The van der Waals surface area contributed by atoms with Crippen LogP contribution >= 0.6 is 25.3 Å². The highest BCUT2D eigenvalue weighted by molar-refractivity contribution is 7.80. The Balaban J connectivity index is 1.14. The average Bonchev–Trinajstić information content (AvgIpc) is 1.67. The number of aliphatic carboxylic acids is 1. The number of thiol groups is 2. The standard InChI is InChI=1S/C75H96N20O17S2/c1-38(2)62(94-69(107)55(28-44-32-82-50-18-11-9-16-48(44)50)89-68(106)57(30-61(100)101)91-65(103)51(19-12-24-80-75(77)78)86-71(109)58(35-113)85-40(4)97)73(111)93-59(36-114)72(110)87-53(26-42-20-22-46(98)23-21-42)66(104)88-54(27-43-31-81-49-17-10-8-15-47(43)49)67(105)90-56(29-45-33-79-37-84-45)70(108)95-63(39(3)96)74(112)92-52(64(102)83-34-60(76)99)25-41-13-6-5-7-14-41/h5-11,13-18,20-23,31-33,37-39,51-59,62-63,81-82,96,98,113-114H,12,19,24-30,34-36H2,1-4H3,(H2,76,99)(H,79,84)(H,83,102)(H,85,97)(H,86,109)(H,87,110)(H,88,104)(H,89,106)(H,90,105)(H,91,103)(H,92,112)(H,93,111)(H,94,107)(H,95,108)(H,100,101)(H4,77,78,80)/t39-,51+,52+,53+,54+,55+,56+,57+,58+,59+,62+,63+/m1/s1. The van der Waals surface area contributed by atoms with Crippen molar-refractivity contribution in [3.05, 3.63) is 156 Å². The first-order valence-electron chi connectivity index (χ1n) is 36.3. The van der Waals surface area contributed by atoms with Crippen molar-refractivity contribution in [2.24, 2.45) is 17.4 Å². The zero-order valence-corrected chi connectivity index (χ0v) is 64.5. The predicted molar refractivity (Wildman–Crippen MR) is 423 cm³/mol. The molecule has 0 aliphatic carbocycles. The molecule has 12 atom stereocenters. The summed E-state index contributed by atoms with van der Waals surface area (Å²) in [6, 6.07) is 10.5. The molecule has 0 aliphatic heterocycles. The molecule has 3 heterocycles. The molecule has 0 aliphatic rings. The Morgan fingerprint density at radius 3 is 1.39 bits per heavy atom. The number of hydrogen-bond donors (Lipinski definition) is 24. The van der Waals surface area contributed by atoms with Gasteiger partial charge in [0.05, 0.1) is 25.4 Å². The zero-order chi connectivity index (χ0) is 83.3. The second kappa shape index (κ2) is 43.3. The molecule has 7 rings (SSSR count). The van der Waals surface area contributed by atoms with E-state index in [4.69, 9.17) is 16.9 Å². The first-order valence-corrected chi connectivity index (χ1v) is 37.5. The van der Waals surface area contributed by atoms with Crippen LogP contribution in [0.15, 0.2) is 128 Å². The van der Waals surface area contributed by atoms with Gasteiger partial charge in [0.15, 0.2) is 5.96 Å². The van der Waals surface area contributed by atoms with E-state index in [1.807, 2.05) is 0 Å². The summed E-state index contributed by atoms with van der Waals surface area (Å²) in [4.78, 5) is 208. The van der Waals surface area contributed by atoms with E-state index >= 15 is 9.59 Å². The normalized spacial score (nSPS) is 14.3. The van der Waals surface area contributed by atoms with Crippen molar-refractivity contribution in [1.29, 1.82) is 5.41 Å². The number of para-hydroxylation sites is 2. The fourth-order valence-electron chi connectivity index (χ4n) is 12.1. The molecule has 37 nitrogen and oxygen atoms in total. The molecule has 0 spiro atoms. The molecule has 0 fully saturated rings. The number of aromatic hydroxyl groups is 1. The number of phenols is 1. The number of nitrogens with zero attached hydrogens (tertiary/aromatic N) is 1. The Hall–Kier alpha value is -12.5. The van der Waals surface area contributed by atoms with Crippen molar-refractivity contribution in [1.82, 2.24) is 89.1 Å². The van der Waals surface area contributed by atoms with Gasteiger partial charge in [0, 0.05) is 103 Å². The van der Waals surface area contributed by atoms with Crippen LogP contribution in [-0.2, 0) is 99.2 Å². The first-order chi connectivity index (χ1) is 54.3. The van der Waals surface area contributed by atoms with Gasteiger partial charge in [-0.1, -0.05) is 92.7 Å². The Kier molecular flexibility index (Phi) is 33.7. The molecule has 13 amide bonds. The molecule has 0 bridgehead atoms. The number of primary amides is 1. The smallest absolute Gasteiger partial charge is 0.305 e. The highest BCUT2D eigenvalue weighted by Crippen LogP contribution is 2.23. The minimum absolute atomic E-state index is 0.0392. The van der Waals surface area contributed by atoms with Crippen molar-refractivity contribution >= 4 is 136 Å². The van der Waals surface area contributed by atoms with E-state index in [-0.39, 0.29) is 63.0 Å². The number of carbonyl (C=O) groups is 14. The second-order valence-corrected chi connectivity index (χ2v) is 28.0. The van der Waals surface area contributed by atoms with Gasteiger partial charge in [-0.25, -0.2) is 4.98 Å². The maximum atomic E-state index is 15.2. The molecule has 4 aromatic carbocycles. The van der Waals surface area contributed by atoms with Crippen LogP contribution in [0, 0.1) is 11.3 Å². The maximum Gasteiger partial charge on any atom is 0.305 e. The number of aromatic amines is 3. The summed E-state index contributed by atoms with van der Waals surface area (Å²) in [5, 5.41) is 73.3. The van der Waals surface area contributed by atoms with Gasteiger partial charge < -0.3 is 111 Å². The lowest BCUT2D eigenvalue weighted by molar-refractivity contribution is -0.141. The molecule has 114 heavy (non-hydrogen) atoms. The Morgan fingerprint density at radius 1 is 0.474 bits per heavy atom. The third-order valence-corrected chi connectivity index (χ3v) is 18.8. The summed E-state index contributed by atoms with van der Waals surface area (Å²) >= 11 is 8.55. The molecule has 0 saturated heterocycles. The number of nitrogens with one attached hydrogen (secondary N) is 17. The van der Waals surface area contributed by atoms with Crippen LogP contribution in [0.25, 0.3) is 21.8 Å². The van der Waals surface area contributed by atoms with Crippen LogP contribution in [-0.4, -0.2) is 221 Å². The molecule has 0 saturated carbocycles. The third-order valence-electron chi connectivity index (χ3n) is 18.1. The summed E-state index contributed by atoms with van der Waals surface area (Å²) in [5.41, 5.74) is 14.2. The number of guanidine groups is 1. The van der Waals surface area contributed by atoms with Crippen LogP contribution in [0.3, 0.4) is 0 Å². The lowest BCUT2D eigenvalue weighted by atomic mass is 9.99. The number of aliphatic hydroxyl groups excluding tert-OH is 1. The van der Waals surface area contributed by atoms with Crippen LogP contribution < -0.4 is 80.6 Å². The number of aromatic nitrogens is 4. The maximum absolute atomic E-state index is 15.2. The summed E-state index contributed by atoms with van der Waals surface area (Å²) in [6.07, 6.45) is 1.66. The number of carboxylic acid groups (broad SMARTS) is 1. The topological polar surface area (TPSA) is 592 Å². The number of phenolic OH excluding ortho intramolecular Hbond substituents is 1. The van der Waals surface area contributed by atoms with Crippen molar-refractivity contribution in [3.63, 3.8) is 0 Å². The molecule has 24 N–H and O–H groups in total. The number of amides is 13. The van der Waals surface area contributed by atoms with Gasteiger partial charge in [-0.2, -0.15) is 25.3 Å². The summed E-state index contributed by atoms with van der Waals surface area (Å²) in [7, 11) is 0. The third kappa shape index (κ3) is 27.2. The van der Waals surface area contributed by atoms with Crippen LogP contribution in [0.1, 0.15) is 74.9 Å². The van der Waals surface area contributed by atoms with Crippen molar-refractivity contribution in [2.45, 2.75) is 152 Å². The van der Waals surface area contributed by atoms with E-state index in [1.54, 1.807) is 105 Å². The van der Waals surface area contributed by atoms with Gasteiger partial charge in [0.2, 0.25) is 76.8 Å². The number of hydrogen-bond acceptors (Lipinski definition) is 20. The van der Waals surface area contributed by atoms with Gasteiger partial charge in [0.25, 0.3) is 0 Å². The molecule has 0 unspecified atom stereocenters. The fourth-order valence-corrected chi connectivity index (χ4v) is 12.7. The van der Waals surface area contributed by atoms with Gasteiger partial charge >= 0.3 is 5.97 Å². The predicted octanol–water partition coefficient (Wildman–Crippen LogP) is -2.82. The van der Waals surface area contributed by atoms with Crippen LogP contribution in [0.5, 0.6) is 5.75 Å². The molecule has 3 aromatic heterocycles. The van der Waals surface area contributed by atoms with Gasteiger partial charge in [-0.15, -0.1) is 0 Å². The van der Waals surface area contributed by atoms with E-state index in [0.29, 0.717) is 49.8 Å². The molecule has 610 valence electrons. The van der Waals surface area contributed by atoms with Gasteiger partial charge in [0.1, 0.15) is 72.2 Å². The quantitative estimate of drug-likeness (QED) is 0.00793. The molecular weight excluding hydrogens is 1520 g/mol. The minimum Gasteiger partial charge on any atom is -0.508 e. The number of rotatable bonds is 44. The highest BCUT2D eigenvalue weighted by atomic mass is 32.1. The number of carbonyl (C=O) groups excluding carboxylic acids is 13. The summed E-state index contributed by atoms with van der Waals surface area (Å²) in [5.74, 6) is -16.1. The molecule has 7 aromatic rings. The lowest BCUT2D eigenvalue weighted by Crippen LogP contribution is -2.62. The van der Waals surface area contributed by atoms with Crippen LogP contribution in [0.4, 0.5) is 0 Å². The second-order valence-electron chi connectivity index (χ2n) is 27.3. The van der Waals surface area contributed by atoms with E-state index in [1.165, 1.54) is 43.7 Å². The zero-order valence-electron chi connectivity index (χ0n) is 62.7. The molecule has 0 radical (unpaired) electrons. The first kappa shape index (κ1) is 88.7. The largest absolute Gasteiger partial charge is 0.508 e. The number of carboxylic acids is 1.